The van der Waals surface area contributed by atoms with Crippen LogP contribution in [0.2, 0.25) is 0 Å². The molecule has 0 fully saturated rings. The summed E-state index contributed by atoms with van der Waals surface area (Å²) in [5.41, 5.74) is 6.49. The van der Waals surface area contributed by atoms with Gasteiger partial charge in [0.1, 0.15) is 5.69 Å². The number of pyridine rings is 1. The summed E-state index contributed by atoms with van der Waals surface area (Å²) in [7, 11) is 0. The van der Waals surface area contributed by atoms with Crippen molar-refractivity contribution >= 4 is 11.6 Å². The third kappa shape index (κ3) is 3.97. The molecule has 0 aliphatic heterocycles. The number of nitrogens with two attached hydrogens (primary N) is 1. The Morgan fingerprint density at radius 2 is 2.33 bits per heavy atom. The molecule has 0 spiro atoms. The maximum Gasteiger partial charge on any atom is 0.269 e. The van der Waals surface area contributed by atoms with Gasteiger partial charge in [0.25, 0.3) is 5.91 Å². The molecule has 1 rings (SSSR count). The molecular formula is C11H17N3O. The quantitative estimate of drug-likeness (QED) is 0.720. The highest BCUT2D eigenvalue weighted by molar-refractivity contribution is 5.92. The number of nitrogens with zero attached hydrogens (tertiary/aromatic N) is 1. The first-order valence-electron chi connectivity index (χ1n) is 5.23. The van der Waals surface area contributed by atoms with Crippen LogP contribution in [0.5, 0.6) is 0 Å². The molecule has 0 saturated carbocycles. The van der Waals surface area contributed by atoms with Gasteiger partial charge in [0.2, 0.25) is 0 Å². The minimum absolute atomic E-state index is 0.154. The lowest BCUT2D eigenvalue weighted by atomic mass is 10.2. The Bertz CT molecular complexity index is 325. The van der Waals surface area contributed by atoms with Crippen LogP contribution in [-0.2, 0) is 0 Å². The molecule has 0 bridgehead atoms. The molecule has 4 heteroatoms. The number of aromatic nitrogens is 1. The fourth-order valence-corrected chi connectivity index (χ4v) is 1.24. The van der Waals surface area contributed by atoms with Crippen molar-refractivity contribution in [1.29, 1.82) is 0 Å². The van der Waals surface area contributed by atoms with Crippen LogP contribution in [0.25, 0.3) is 0 Å². The third-order valence-corrected chi connectivity index (χ3v) is 2.08. The summed E-state index contributed by atoms with van der Waals surface area (Å²) < 4.78 is 0. The SMILES string of the molecule is CCCCCNC(=O)c1cc(N)ccn1. The first kappa shape index (κ1) is 11.5. The summed E-state index contributed by atoms with van der Waals surface area (Å²) in [6, 6.07) is 3.24. The van der Waals surface area contributed by atoms with Crippen LogP contribution in [-0.4, -0.2) is 17.4 Å². The Labute approximate surface area is 89.9 Å². The highest BCUT2D eigenvalue weighted by Crippen LogP contribution is 2.02. The van der Waals surface area contributed by atoms with Crippen LogP contribution in [0.3, 0.4) is 0 Å². The van der Waals surface area contributed by atoms with E-state index in [1.54, 1.807) is 12.1 Å². The van der Waals surface area contributed by atoms with Gasteiger partial charge in [-0.15, -0.1) is 0 Å². The van der Waals surface area contributed by atoms with Gasteiger partial charge < -0.3 is 11.1 Å². The van der Waals surface area contributed by atoms with E-state index in [-0.39, 0.29) is 5.91 Å². The molecular weight excluding hydrogens is 190 g/mol. The molecule has 15 heavy (non-hydrogen) atoms. The lowest BCUT2D eigenvalue weighted by Gasteiger charge is -2.04. The second-order valence-corrected chi connectivity index (χ2v) is 3.44. The molecule has 0 saturated heterocycles. The van der Waals surface area contributed by atoms with Crippen molar-refractivity contribution < 1.29 is 4.79 Å². The normalized spacial score (nSPS) is 9.93. The Kier molecular flexibility index (Phi) is 4.60. The van der Waals surface area contributed by atoms with E-state index in [4.69, 9.17) is 5.73 Å². The number of amides is 1. The van der Waals surface area contributed by atoms with E-state index in [9.17, 15) is 4.79 Å². The Morgan fingerprint density at radius 3 is 3.00 bits per heavy atom. The standard InChI is InChI=1S/C11H17N3O/c1-2-3-4-6-14-11(15)10-8-9(12)5-7-13-10/h5,7-8H,2-4,6H2,1H3,(H2,12,13)(H,14,15). The molecule has 82 valence electrons. The zero-order valence-electron chi connectivity index (χ0n) is 8.99. The minimum atomic E-state index is -0.154. The van der Waals surface area contributed by atoms with Crippen LogP contribution < -0.4 is 11.1 Å². The van der Waals surface area contributed by atoms with Gasteiger partial charge in [-0.25, -0.2) is 0 Å². The van der Waals surface area contributed by atoms with Gasteiger partial charge in [-0.3, -0.25) is 9.78 Å². The first-order valence-corrected chi connectivity index (χ1v) is 5.23. The number of nitrogens with one attached hydrogen (secondary N) is 1. The van der Waals surface area contributed by atoms with Gasteiger partial charge in [0.05, 0.1) is 0 Å². The number of carbonyl (C=O) groups is 1. The van der Waals surface area contributed by atoms with Crippen molar-refractivity contribution in [2.24, 2.45) is 0 Å². The van der Waals surface area contributed by atoms with Gasteiger partial charge in [-0.05, 0) is 18.6 Å². The second-order valence-electron chi connectivity index (χ2n) is 3.44. The fourth-order valence-electron chi connectivity index (χ4n) is 1.24. The van der Waals surface area contributed by atoms with Crippen molar-refractivity contribution in [3.8, 4) is 0 Å². The molecule has 0 aromatic carbocycles. The van der Waals surface area contributed by atoms with Crippen LogP contribution in [0, 0.1) is 0 Å². The van der Waals surface area contributed by atoms with Crippen LogP contribution in [0.1, 0.15) is 36.7 Å². The highest BCUT2D eigenvalue weighted by Gasteiger charge is 2.05. The molecule has 0 atom stereocenters. The highest BCUT2D eigenvalue weighted by atomic mass is 16.1. The maximum atomic E-state index is 11.5. The van der Waals surface area contributed by atoms with Crippen molar-refractivity contribution in [3.05, 3.63) is 24.0 Å². The van der Waals surface area contributed by atoms with Crippen molar-refractivity contribution in [2.75, 3.05) is 12.3 Å². The first-order chi connectivity index (χ1) is 7.24. The topological polar surface area (TPSA) is 68.0 Å². The summed E-state index contributed by atoms with van der Waals surface area (Å²) in [5.74, 6) is -0.154. The number of carbonyl (C=O) groups excluding carboxylic acids is 1. The molecule has 1 heterocycles. The Morgan fingerprint density at radius 1 is 1.53 bits per heavy atom. The maximum absolute atomic E-state index is 11.5. The molecule has 0 unspecified atom stereocenters. The Hall–Kier alpha value is -1.58. The van der Waals surface area contributed by atoms with Crippen LogP contribution in [0.4, 0.5) is 5.69 Å². The molecule has 1 aromatic rings. The van der Waals surface area contributed by atoms with Crippen molar-refractivity contribution in [3.63, 3.8) is 0 Å². The smallest absolute Gasteiger partial charge is 0.269 e. The zero-order valence-corrected chi connectivity index (χ0v) is 8.99. The van der Waals surface area contributed by atoms with E-state index in [1.165, 1.54) is 6.20 Å². The summed E-state index contributed by atoms with van der Waals surface area (Å²) >= 11 is 0. The number of hydrogen-bond donors (Lipinski definition) is 2. The van der Waals surface area contributed by atoms with Gasteiger partial charge >= 0.3 is 0 Å². The summed E-state index contributed by atoms with van der Waals surface area (Å²) in [6.07, 6.45) is 4.82. The number of nitrogen functional groups attached to an aromatic ring is 1. The van der Waals surface area contributed by atoms with E-state index >= 15 is 0 Å². The molecule has 1 aromatic heterocycles. The number of rotatable bonds is 5. The summed E-state index contributed by atoms with van der Waals surface area (Å²) in [6.45, 7) is 2.82. The third-order valence-electron chi connectivity index (χ3n) is 2.08. The molecule has 3 N–H and O–H groups in total. The number of unbranched alkanes of at least 4 members (excludes halogenated alkanes) is 2. The van der Waals surface area contributed by atoms with Gasteiger partial charge in [-0.2, -0.15) is 0 Å². The van der Waals surface area contributed by atoms with Crippen LogP contribution >= 0.6 is 0 Å². The lowest BCUT2D eigenvalue weighted by Crippen LogP contribution is -2.25. The van der Waals surface area contributed by atoms with E-state index in [0.717, 1.165) is 19.3 Å². The second kappa shape index (κ2) is 6.01. The fraction of sp³-hybridized carbons (Fsp3) is 0.455. The van der Waals surface area contributed by atoms with Gasteiger partial charge in [0.15, 0.2) is 0 Å². The molecule has 4 nitrogen and oxygen atoms in total. The van der Waals surface area contributed by atoms with E-state index < -0.39 is 0 Å². The predicted octanol–water partition coefficient (Wildman–Crippen LogP) is 1.58. The van der Waals surface area contributed by atoms with Crippen molar-refractivity contribution in [1.82, 2.24) is 10.3 Å². The molecule has 0 aliphatic carbocycles. The monoisotopic (exact) mass is 207 g/mol. The largest absolute Gasteiger partial charge is 0.399 e. The lowest BCUT2D eigenvalue weighted by molar-refractivity contribution is 0.0948. The summed E-state index contributed by atoms with van der Waals surface area (Å²) in [4.78, 5) is 15.5. The van der Waals surface area contributed by atoms with E-state index in [0.29, 0.717) is 17.9 Å². The van der Waals surface area contributed by atoms with E-state index in [1.807, 2.05) is 0 Å². The van der Waals surface area contributed by atoms with Gasteiger partial charge in [0, 0.05) is 18.4 Å². The van der Waals surface area contributed by atoms with Crippen molar-refractivity contribution in [2.45, 2.75) is 26.2 Å². The average molecular weight is 207 g/mol. The Balaban J connectivity index is 2.40. The van der Waals surface area contributed by atoms with E-state index in [2.05, 4.69) is 17.2 Å². The average Bonchev–Trinajstić information content (AvgIpc) is 2.24. The number of anilines is 1. The minimum Gasteiger partial charge on any atom is -0.399 e. The van der Waals surface area contributed by atoms with Crippen LogP contribution in [0.15, 0.2) is 18.3 Å². The molecule has 0 aliphatic rings. The molecule has 1 amide bonds. The van der Waals surface area contributed by atoms with Gasteiger partial charge in [-0.1, -0.05) is 19.8 Å². The zero-order chi connectivity index (χ0) is 11.1. The number of hydrogen-bond acceptors (Lipinski definition) is 3. The summed E-state index contributed by atoms with van der Waals surface area (Å²) in [5, 5.41) is 2.80. The molecule has 0 radical (unpaired) electrons. The predicted molar refractivity (Wildman–Crippen MR) is 60.5 cm³/mol.